The van der Waals surface area contributed by atoms with Crippen molar-refractivity contribution in [3.05, 3.63) is 71.3 Å². The van der Waals surface area contributed by atoms with Gasteiger partial charge in [-0.25, -0.2) is 0 Å². The molecule has 0 aliphatic carbocycles. The van der Waals surface area contributed by atoms with Crippen LogP contribution in [0.15, 0.2) is 54.6 Å². The van der Waals surface area contributed by atoms with E-state index >= 15 is 0 Å². The normalized spacial score (nSPS) is 10.2. The zero-order valence-electron chi connectivity index (χ0n) is 13.8. The molecule has 0 bridgehead atoms. The first-order valence-electron chi connectivity index (χ1n) is 7.61. The van der Waals surface area contributed by atoms with Crippen molar-refractivity contribution in [1.29, 1.82) is 5.26 Å². The molecule has 0 saturated carbocycles. The molecule has 2 aromatic carbocycles. The fraction of sp³-hybridized carbons (Fsp3) is 0.150. The highest BCUT2D eigenvalue weighted by atomic mass is 16.5. The predicted molar refractivity (Wildman–Crippen MR) is 92.6 cm³/mol. The van der Waals surface area contributed by atoms with Gasteiger partial charge in [-0.05, 0) is 35.9 Å². The van der Waals surface area contributed by atoms with E-state index in [2.05, 4.69) is 0 Å². The van der Waals surface area contributed by atoms with E-state index in [1.165, 1.54) is 13.2 Å². The number of carbonyl (C=O) groups excluding carboxylic acids is 2. The number of hydrogen-bond donors (Lipinski definition) is 0. The third-order valence-corrected chi connectivity index (χ3v) is 3.37. The van der Waals surface area contributed by atoms with Crippen LogP contribution >= 0.6 is 0 Å². The first-order chi connectivity index (χ1) is 12.1. The molecule has 0 amide bonds. The molecule has 0 N–H and O–H groups in total. The van der Waals surface area contributed by atoms with Crippen LogP contribution in [0, 0.1) is 11.3 Å². The number of nitrogens with zero attached hydrogens (tertiary/aromatic N) is 1. The van der Waals surface area contributed by atoms with Crippen molar-refractivity contribution in [1.82, 2.24) is 0 Å². The molecule has 0 aliphatic rings. The maximum absolute atomic E-state index is 11.9. The molecule has 2 aromatic rings. The second-order valence-corrected chi connectivity index (χ2v) is 5.19. The molecule has 25 heavy (non-hydrogen) atoms. The summed E-state index contributed by atoms with van der Waals surface area (Å²) in [6.45, 7) is 0.139. The van der Waals surface area contributed by atoms with E-state index in [-0.39, 0.29) is 18.8 Å². The first kappa shape index (κ1) is 18.0. The summed E-state index contributed by atoms with van der Waals surface area (Å²) in [5, 5.41) is 8.87. The molecule has 126 valence electrons. The van der Waals surface area contributed by atoms with E-state index in [0.717, 1.165) is 5.56 Å². The van der Waals surface area contributed by atoms with Gasteiger partial charge in [0.2, 0.25) is 0 Å². The molecule has 0 aromatic heterocycles. The number of benzene rings is 2. The van der Waals surface area contributed by atoms with Gasteiger partial charge in [0, 0.05) is 5.56 Å². The average Bonchev–Trinajstić information content (AvgIpc) is 2.65. The number of rotatable bonds is 7. The highest BCUT2D eigenvalue weighted by molar-refractivity contribution is 6.04. The molecular formula is C20H17NO4. The maximum Gasteiger partial charge on any atom is 0.314 e. The van der Waals surface area contributed by atoms with E-state index in [1.807, 2.05) is 36.4 Å². The largest absolute Gasteiger partial charge is 0.496 e. The molecule has 2 rings (SSSR count). The lowest BCUT2D eigenvalue weighted by atomic mass is 10.1. The minimum atomic E-state index is -0.578. The summed E-state index contributed by atoms with van der Waals surface area (Å²) in [5.41, 5.74) is 1.97. The van der Waals surface area contributed by atoms with Crippen molar-refractivity contribution in [3.8, 4) is 11.8 Å². The minimum absolute atomic E-state index is 0.139. The fourth-order valence-corrected chi connectivity index (χ4v) is 2.09. The predicted octanol–water partition coefficient (Wildman–Crippen LogP) is 3.28. The zero-order valence-corrected chi connectivity index (χ0v) is 13.8. The van der Waals surface area contributed by atoms with Gasteiger partial charge < -0.3 is 9.47 Å². The molecule has 0 fully saturated rings. The summed E-state index contributed by atoms with van der Waals surface area (Å²) < 4.78 is 10.3. The number of methoxy groups -OCH3 is 1. The maximum atomic E-state index is 11.9. The van der Waals surface area contributed by atoms with Gasteiger partial charge in [-0.1, -0.05) is 30.3 Å². The third-order valence-electron chi connectivity index (χ3n) is 3.37. The van der Waals surface area contributed by atoms with Crippen LogP contribution in [0.1, 0.15) is 23.1 Å². The fourth-order valence-electron chi connectivity index (χ4n) is 2.09. The summed E-state index contributed by atoms with van der Waals surface area (Å²) in [7, 11) is 1.48. The Bertz CT molecular complexity index is 819. The second kappa shape index (κ2) is 9.04. The van der Waals surface area contributed by atoms with Gasteiger partial charge in [-0.2, -0.15) is 5.26 Å². The van der Waals surface area contributed by atoms with Crippen LogP contribution in [0.4, 0.5) is 0 Å². The Morgan fingerprint density at radius 1 is 1.16 bits per heavy atom. The summed E-state index contributed by atoms with van der Waals surface area (Å²) in [5.74, 6) is -0.468. The number of allylic oxidation sites excluding steroid dienone is 1. The van der Waals surface area contributed by atoms with Crippen molar-refractivity contribution < 1.29 is 19.1 Å². The van der Waals surface area contributed by atoms with E-state index in [1.54, 1.807) is 24.3 Å². The standard InChI is InChI=1S/C20H17NO4/c1-24-19-11-16(13-21)7-8-17(19)9-10-18(22)12-20(23)25-14-15-5-3-2-4-6-15/h2-11H,12,14H2,1H3. The quantitative estimate of drug-likeness (QED) is 0.441. The number of esters is 1. The monoisotopic (exact) mass is 335 g/mol. The Morgan fingerprint density at radius 2 is 1.92 bits per heavy atom. The Hall–Kier alpha value is -3.39. The van der Waals surface area contributed by atoms with Crippen molar-refractivity contribution in [2.24, 2.45) is 0 Å². The molecule has 5 nitrogen and oxygen atoms in total. The molecule has 0 spiro atoms. The van der Waals surface area contributed by atoms with Gasteiger partial charge in [0.05, 0.1) is 18.7 Å². The van der Waals surface area contributed by atoms with Crippen LogP contribution in [0.25, 0.3) is 6.08 Å². The van der Waals surface area contributed by atoms with Gasteiger partial charge in [0.25, 0.3) is 0 Å². The summed E-state index contributed by atoms with van der Waals surface area (Å²) in [6.07, 6.45) is 2.52. The molecule has 0 unspecified atom stereocenters. The van der Waals surface area contributed by atoms with Crippen LogP contribution in [-0.4, -0.2) is 18.9 Å². The minimum Gasteiger partial charge on any atom is -0.496 e. The molecule has 0 heterocycles. The van der Waals surface area contributed by atoms with Crippen molar-refractivity contribution in [2.75, 3.05) is 7.11 Å². The number of ketones is 1. The van der Waals surface area contributed by atoms with E-state index in [0.29, 0.717) is 16.9 Å². The number of hydrogen-bond acceptors (Lipinski definition) is 5. The first-order valence-corrected chi connectivity index (χ1v) is 7.61. The third kappa shape index (κ3) is 5.63. The summed E-state index contributed by atoms with van der Waals surface area (Å²) >= 11 is 0. The number of ether oxygens (including phenoxy) is 2. The summed E-state index contributed by atoms with van der Waals surface area (Å²) in [6, 6.07) is 16.1. The van der Waals surface area contributed by atoms with E-state index in [4.69, 9.17) is 14.7 Å². The van der Waals surface area contributed by atoms with Crippen molar-refractivity contribution >= 4 is 17.8 Å². The smallest absolute Gasteiger partial charge is 0.314 e. The Morgan fingerprint density at radius 3 is 2.60 bits per heavy atom. The molecule has 0 saturated heterocycles. The Kier molecular flexibility index (Phi) is 6.49. The van der Waals surface area contributed by atoms with Crippen LogP contribution in [0.2, 0.25) is 0 Å². The van der Waals surface area contributed by atoms with Crippen molar-refractivity contribution in [2.45, 2.75) is 13.0 Å². The van der Waals surface area contributed by atoms with Gasteiger partial charge in [0.1, 0.15) is 18.8 Å². The molecule has 0 atom stereocenters. The van der Waals surface area contributed by atoms with Crippen LogP contribution in [0.3, 0.4) is 0 Å². The highest BCUT2D eigenvalue weighted by Gasteiger charge is 2.09. The van der Waals surface area contributed by atoms with E-state index < -0.39 is 5.97 Å². The lowest BCUT2D eigenvalue weighted by Gasteiger charge is -2.05. The van der Waals surface area contributed by atoms with Crippen molar-refractivity contribution in [3.63, 3.8) is 0 Å². The van der Waals surface area contributed by atoms with Crippen LogP contribution < -0.4 is 4.74 Å². The van der Waals surface area contributed by atoms with Gasteiger partial charge >= 0.3 is 5.97 Å². The zero-order chi connectivity index (χ0) is 18.1. The topological polar surface area (TPSA) is 76.4 Å². The van der Waals surface area contributed by atoms with Crippen LogP contribution in [-0.2, 0) is 20.9 Å². The van der Waals surface area contributed by atoms with E-state index in [9.17, 15) is 9.59 Å². The molecule has 0 aliphatic heterocycles. The SMILES string of the molecule is COc1cc(C#N)ccc1C=CC(=O)CC(=O)OCc1ccccc1. The lowest BCUT2D eigenvalue weighted by Crippen LogP contribution is -2.09. The Balaban J connectivity index is 1.90. The average molecular weight is 335 g/mol. The molecular weight excluding hydrogens is 318 g/mol. The van der Waals surface area contributed by atoms with Crippen LogP contribution in [0.5, 0.6) is 5.75 Å². The Labute approximate surface area is 146 Å². The number of carbonyl (C=O) groups is 2. The van der Waals surface area contributed by atoms with Gasteiger partial charge in [-0.15, -0.1) is 0 Å². The van der Waals surface area contributed by atoms with Gasteiger partial charge in [0.15, 0.2) is 5.78 Å². The second-order valence-electron chi connectivity index (χ2n) is 5.19. The van der Waals surface area contributed by atoms with Gasteiger partial charge in [-0.3, -0.25) is 9.59 Å². The summed E-state index contributed by atoms with van der Waals surface area (Å²) in [4.78, 5) is 23.6. The number of nitriles is 1. The lowest BCUT2D eigenvalue weighted by molar-refractivity contribution is -0.146. The molecule has 0 radical (unpaired) electrons. The highest BCUT2D eigenvalue weighted by Crippen LogP contribution is 2.21. The molecule has 5 heteroatoms.